The van der Waals surface area contributed by atoms with E-state index in [-0.39, 0.29) is 17.9 Å². The highest BCUT2D eigenvalue weighted by atomic mass is 16.2. The third-order valence-electron chi connectivity index (χ3n) is 3.61. The summed E-state index contributed by atoms with van der Waals surface area (Å²) in [5, 5.41) is 15.5. The molecule has 0 bridgehead atoms. The maximum absolute atomic E-state index is 12.5. The van der Waals surface area contributed by atoms with Gasteiger partial charge in [0.05, 0.1) is 0 Å². The summed E-state index contributed by atoms with van der Waals surface area (Å²) in [5.74, 6) is 0.533. The van der Waals surface area contributed by atoms with Crippen molar-refractivity contribution in [2.24, 2.45) is 5.92 Å². The van der Waals surface area contributed by atoms with Crippen molar-refractivity contribution in [3.63, 3.8) is 0 Å². The molecule has 0 aliphatic rings. The van der Waals surface area contributed by atoms with Crippen LogP contribution in [0.5, 0.6) is 0 Å². The lowest BCUT2D eigenvalue weighted by molar-refractivity contribution is -0.126. The lowest BCUT2D eigenvalue weighted by Gasteiger charge is -2.21. The monoisotopic (exact) mass is 301 g/mol. The summed E-state index contributed by atoms with van der Waals surface area (Å²) < 4.78 is 0. The fraction of sp³-hybridized carbons (Fsp3) is 0.500. The zero-order valence-electron chi connectivity index (χ0n) is 13.5. The van der Waals surface area contributed by atoms with Crippen LogP contribution >= 0.6 is 0 Å². The van der Waals surface area contributed by atoms with E-state index >= 15 is 0 Å². The SMILES string of the molecule is CCC(C)NC(=O)C(C(C)C)n1nnc(-c2ccccc2)n1. The lowest BCUT2D eigenvalue weighted by atomic mass is 10.0. The van der Waals surface area contributed by atoms with Crippen molar-refractivity contribution in [3.8, 4) is 11.4 Å². The minimum Gasteiger partial charge on any atom is -0.352 e. The number of nitrogens with one attached hydrogen (secondary N) is 1. The van der Waals surface area contributed by atoms with E-state index in [1.165, 1.54) is 4.80 Å². The van der Waals surface area contributed by atoms with E-state index in [4.69, 9.17) is 0 Å². The van der Waals surface area contributed by atoms with Gasteiger partial charge in [-0.1, -0.05) is 51.1 Å². The first kappa shape index (κ1) is 16.1. The topological polar surface area (TPSA) is 72.7 Å². The Labute approximate surface area is 130 Å². The van der Waals surface area contributed by atoms with Crippen LogP contribution in [0.25, 0.3) is 11.4 Å². The molecule has 2 aromatic rings. The molecule has 0 fully saturated rings. The molecular weight excluding hydrogens is 278 g/mol. The molecule has 118 valence electrons. The van der Waals surface area contributed by atoms with E-state index in [0.717, 1.165) is 12.0 Å². The molecule has 0 saturated heterocycles. The van der Waals surface area contributed by atoms with Crippen LogP contribution in [0.2, 0.25) is 0 Å². The zero-order chi connectivity index (χ0) is 16.1. The molecule has 1 N–H and O–H groups in total. The first-order valence-electron chi connectivity index (χ1n) is 7.68. The predicted molar refractivity (Wildman–Crippen MR) is 85.0 cm³/mol. The van der Waals surface area contributed by atoms with Gasteiger partial charge in [-0.05, 0) is 24.5 Å². The maximum atomic E-state index is 12.5. The summed E-state index contributed by atoms with van der Waals surface area (Å²) in [5.41, 5.74) is 0.888. The van der Waals surface area contributed by atoms with E-state index in [9.17, 15) is 4.79 Å². The lowest BCUT2D eigenvalue weighted by Crippen LogP contribution is -2.40. The first-order chi connectivity index (χ1) is 10.5. The van der Waals surface area contributed by atoms with Crippen molar-refractivity contribution in [1.29, 1.82) is 0 Å². The molecule has 0 radical (unpaired) electrons. The van der Waals surface area contributed by atoms with Crippen LogP contribution in [0, 0.1) is 5.92 Å². The Morgan fingerprint density at radius 2 is 1.91 bits per heavy atom. The van der Waals surface area contributed by atoms with Gasteiger partial charge < -0.3 is 5.32 Å². The number of hydrogen-bond donors (Lipinski definition) is 1. The highest BCUT2D eigenvalue weighted by Gasteiger charge is 2.27. The summed E-state index contributed by atoms with van der Waals surface area (Å²) in [6.45, 7) is 7.98. The van der Waals surface area contributed by atoms with E-state index in [1.54, 1.807) is 0 Å². The predicted octanol–water partition coefficient (Wildman–Crippen LogP) is 2.45. The van der Waals surface area contributed by atoms with E-state index in [0.29, 0.717) is 5.82 Å². The van der Waals surface area contributed by atoms with Gasteiger partial charge >= 0.3 is 0 Å². The highest BCUT2D eigenvalue weighted by Crippen LogP contribution is 2.19. The normalized spacial score (nSPS) is 13.9. The van der Waals surface area contributed by atoms with Gasteiger partial charge in [-0.25, -0.2) is 0 Å². The molecule has 1 heterocycles. The van der Waals surface area contributed by atoms with Crippen LogP contribution < -0.4 is 5.32 Å². The van der Waals surface area contributed by atoms with Gasteiger partial charge in [-0.3, -0.25) is 4.79 Å². The molecule has 1 aromatic heterocycles. The quantitative estimate of drug-likeness (QED) is 0.889. The molecule has 1 aromatic carbocycles. The molecule has 0 aliphatic carbocycles. The largest absolute Gasteiger partial charge is 0.352 e. The Morgan fingerprint density at radius 3 is 2.50 bits per heavy atom. The Balaban J connectivity index is 2.23. The van der Waals surface area contributed by atoms with E-state index in [1.807, 2.05) is 58.0 Å². The molecule has 0 spiro atoms. The van der Waals surface area contributed by atoms with Crippen LogP contribution in [0.4, 0.5) is 0 Å². The average Bonchev–Trinajstić information content (AvgIpc) is 2.97. The van der Waals surface area contributed by atoms with Crippen molar-refractivity contribution < 1.29 is 4.79 Å². The second-order valence-electron chi connectivity index (χ2n) is 5.81. The molecule has 2 unspecified atom stereocenters. The summed E-state index contributed by atoms with van der Waals surface area (Å²) in [7, 11) is 0. The molecule has 0 aliphatic heterocycles. The van der Waals surface area contributed by atoms with Crippen LogP contribution in [0.15, 0.2) is 30.3 Å². The molecule has 1 amide bonds. The molecular formula is C16H23N5O. The van der Waals surface area contributed by atoms with Crippen LogP contribution in [0.3, 0.4) is 0 Å². The fourth-order valence-electron chi connectivity index (χ4n) is 2.15. The molecule has 22 heavy (non-hydrogen) atoms. The number of carbonyl (C=O) groups excluding carboxylic acids is 1. The summed E-state index contributed by atoms with van der Waals surface area (Å²) in [4.78, 5) is 13.9. The van der Waals surface area contributed by atoms with Crippen molar-refractivity contribution in [1.82, 2.24) is 25.5 Å². The fourth-order valence-corrected chi connectivity index (χ4v) is 2.15. The Bertz CT molecular complexity index is 608. The van der Waals surface area contributed by atoms with Gasteiger partial charge in [-0.15, -0.1) is 10.2 Å². The standard InChI is InChI=1S/C16H23N5O/c1-5-12(4)17-16(22)14(11(2)3)21-19-15(18-20-21)13-9-7-6-8-10-13/h6-12,14H,5H2,1-4H3,(H,17,22). The smallest absolute Gasteiger partial charge is 0.247 e. The van der Waals surface area contributed by atoms with Crippen molar-refractivity contribution in [3.05, 3.63) is 30.3 Å². The Morgan fingerprint density at radius 1 is 1.23 bits per heavy atom. The number of nitrogens with zero attached hydrogens (tertiary/aromatic N) is 4. The third kappa shape index (κ3) is 3.69. The molecule has 2 atom stereocenters. The van der Waals surface area contributed by atoms with Crippen molar-refractivity contribution in [2.45, 2.75) is 46.2 Å². The number of rotatable bonds is 6. The van der Waals surface area contributed by atoms with Crippen LogP contribution in [0.1, 0.15) is 40.2 Å². The highest BCUT2D eigenvalue weighted by molar-refractivity contribution is 5.80. The summed E-state index contributed by atoms with van der Waals surface area (Å²) in [6, 6.07) is 9.29. The zero-order valence-corrected chi connectivity index (χ0v) is 13.5. The second kappa shape index (κ2) is 7.15. The molecule has 2 rings (SSSR count). The van der Waals surface area contributed by atoms with Gasteiger partial charge in [0.15, 0.2) is 6.04 Å². The first-order valence-corrected chi connectivity index (χ1v) is 7.68. The second-order valence-corrected chi connectivity index (χ2v) is 5.81. The number of tetrazole rings is 1. The molecule has 0 saturated carbocycles. The Kier molecular flexibility index (Phi) is 5.25. The van der Waals surface area contributed by atoms with E-state index < -0.39 is 6.04 Å². The molecule has 6 nitrogen and oxygen atoms in total. The third-order valence-corrected chi connectivity index (χ3v) is 3.61. The minimum absolute atomic E-state index is 0.0682. The minimum atomic E-state index is -0.459. The summed E-state index contributed by atoms with van der Waals surface area (Å²) in [6.07, 6.45) is 0.886. The maximum Gasteiger partial charge on any atom is 0.247 e. The van der Waals surface area contributed by atoms with Crippen LogP contribution in [-0.4, -0.2) is 32.2 Å². The number of carbonyl (C=O) groups is 1. The van der Waals surface area contributed by atoms with Gasteiger partial charge in [0.25, 0.3) is 0 Å². The van der Waals surface area contributed by atoms with Crippen molar-refractivity contribution in [2.75, 3.05) is 0 Å². The molecule has 6 heteroatoms. The number of hydrogen-bond acceptors (Lipinski definition) is 4. The van der Waals surface area contributed by atoms with Gasteiger partial charge in [0, 0.05) is 11.6 Å². The van der Waals surface area contributed by atoms with E-state index in [2.05, 4.69) is 20.7 Å². The number of aromatic nitrogens is 4. The Hall–Kier alpha value is -2.24. The number of amides is 1. The average molecular weight is 301 g/mol. The van der Waals surface area contributed by atoms with Crippen molar-refractivity contribution >= 4 is 5.91 Å². The van der Waals surface area contributed by atoms with Gasteiger partial charge in [-0.2, -0.15) is 4.80 Å². The number of benzene rings is 1. The van der Waals surface area contributed by atoms with Gasteiger partial charge in [0.1, 0.15) is 0 Å². The van der Waals surface area contributed by atoms with Crippen LogP contribution in [-0.2, 0) is 4.79 Å². The summed E-state index contributed by atoms with van der Waals surface area (Å²) >= 11 is 0. The van der Waals surface area contributed by atoms with Gasteiger partial charge in [0.2, 0.25) is 11.7 Å².